The highest BCUT2D eigenvalue weighted by Gasteiger charge is 2.34. The predicted molar refractivity (Wildman–Crippen MR) is 110 cm³/mol. The van der Waals surface area contributed by atoms with E-state index in [1.54, 1.807) is 20.3 Å². The molecule has 3 rings (SSSR count). The normalized spacial score (nSPS) is 15.3. The van der Waals surface area contributed by atoms with E-state index in [9.17, 15) is 4.79 Å². The van der Waals surface area contributed by atoms with E-state index in [0.717, 1.165) is 33.9 Å². The number of carbonyl (C=O) groups is 1. The summed E-state index contributed by atoms with van der Waals surface area (Å²) in [5, 5.41) is 0. The smallest absolute Gasteiger partial charge is 0.251 e. The van der Waals surface area contributed by atoms with Crippen LogP contribution in [0.25, 0.3) is 11.6 Å². The number of methoxy groups -OCH3 is 2. The number of allylic oxidation sites excluding steroid dienone is 1. The van der Waals surface area contributed by atoms with Crippen LogP contribution in [-0.4, -0.2) is 25.7 Å². The van der Waals surface area contributed by atoms with Crippen LogP contribution in [0.15, 0.2) is 54.6 Å². The van der Waals surface area contributed by atoms with Gasteiger partial charge >= 0.3 is 0 Å². The van der Waals surface area contributed by atoms with Crippen LogP contribution in [0.4, 0.5) is 5.69 Å². The molecule has 0 saturated carbocycles. The first-order valence-electron chi connectivity index (χ1n) is 8.90. The molecule has 1 amide bonds. The maximum atomic E-state index is 13.1. The lowest BCUT2D eigenvalue weighted by Gasteiger charge is -2.41. The van der Waals surface area contributed by atoms with Crippen molar-refractivity contribution in [3.8, 4) is 11.5 Å². The standard InChI is InChI=1S/C23H25NO3/c1-16-15-23(2,3)24(21-12-11-19(27-5)14-20(16)21)22(25)13-8-17-6-9-18(26-4)10-7-17/h6-15H,1-5H3. The van der Waals surface area contributed by atoms with E-state index < -0.39 is 5.54 Å². The third-order valence-electron chi connectivity index (χ3n) is 4.77. The average Bonchev–Trinajstić information content (AvgIpc) is 2.65. The monoisotopic (exact) mass is 363 g/mol. The SMILES string of the molecule is COc1ccc(C=CC(=O)N2c3ccc(OC)cc3C(C)=CC2(C)C)cc1. The molecule has 1 aliphatic heterocycles. The molecule has 1 heterocycles. The fourth-order valence-electron chi connectivity index (χ4n) is 3.50. The Morgan fingerprint density at radius 2 is 1.63 bits per heavy atom. The van der Waals surface area contributed by atoms with E-state index in [4.69, 9.17) is 9.47 Å². The maximum Gasteiger partial charge on any atom is 0.251 e. The van der Waals surface area contributed by atoms with Gasteiger partial charge in [0.25, 0.3) is 5.91 Å². The minimum absolute atomic E-state index is 0.0639. The van der Waals surface area contributed by atoms with Crippen molar-refractivity contribution in [2.75, 3.05) is 19.1 Å². The Bertz CT molecular complexity index is 908. The van der Waals surface area contributed by atoms with Gasteiger partial charge in [-0.2, -0.15) is 0 Å². The molecule has 2 aromatic rings. The molecule has 1 aliphatic rings. The van der Waals surface area contributed by atoms with Crippen molar-refractivity contribution in [2.24, 2.45) is 0 Å². The Hall–Kier alpha value is -3.01. The fourth-order valence-corrected chi connectivity index (χ4v) is 3.50. The van der Waals surface area contributed by atoms with E-state index in [2.05, 4.69) is 13.0 Å². The first-order valence-corrected chi connectivity index (χ1v) is 8.90. The van der Waals surface area contributed by atoms with Gasteiger partial charge in [-0.3, -0.25) is 9.69 Å². The van der Waals surface area contributed by atoms with Gasteiger partial charge in [-0.15, -0.1) is 0 Å². The Balaban J connectivity index is 1.94. The lowest BCUT2D eigenvalue weighted by molar-refractivity contribution is -0.114. The topological polar surface area (TPSA) is 38.8 Å². The zero-order valence-electron chi connectivity index (χ0n) is 16.4. The number of anilines is 1. The second-order valence-corrected chi connectivity index (χ2v) is 7.14. The number of hydrogen-bond donors (Lipinski definition) is 0. The summed E-state index contributed by atoms with van der Waals surface area (Å²) in [6.07, 6.45) is 5.56. The van der Waals surface area contributed by atoms with Gasteiger partial charge in [0.1, 0.15) is 11.5 Å². The molecule has 0 radical (unpaired) electrons. The molecule has 0 saturated heterocycles. The van der Waals surface area contributed by atoms with Crippen molar-refractivity contribution in [1.82, 2.24) is 0 Å². The lowest BCUT2D eigenvalue weighted by atomic mass is 9.88. The van der Waals surface area contributed by atoms with Crippen molar-refractivity contribution in [3.63, 3.8) is 0 Å². The molecular weight excluding hydrogens is 338 g/mol. The highest BCUT2D eigenvalue weighted by Crippen LogP contribution is 2.40. The summed E-state index contributed by atoms with van der Waals surface area (Å²) >= 11 is 0. The fraction of sp³-hybridized carbons (Fsp3) is 0.261. The Kier molecular flexibility index (Phi) is 5.08. The van der Waals surface area contributed by atoms with Crippen molar-refractivity contribution in [2.45, 2.75) is 26.3 Å². The Labute approximate surface area is 160 Å². The van der Waals surface area contributed by atoms with Gasteiger partial charge in [0, 0.05) is 11.6 Å². The van der Waals surface area contributed by atoms with Gasteiger partial charge in [-0.05, 0) is 68.3 Å². The lowest BCUT2D eigenvalue weighted by Crippen LogP contribution is -2.48. The van der Waals surface area contributed by atoms with Gasteiger partial charge < -0.3 is 9.47 Å². The number of rotatable bonds is 4. The minimum atomic E-state index is -0.424. The van der Waals surface area contributed by atoms with E-state index in [0.29, 0.717) is 0 Å². The largest absolute Gasteiger partial charge is 0.497 e. The van der Waals surface area contributed by atoms with Crippen LogP contribution >= 0.6 is 0 Å². The van der Waals surface area contributed by atoms with Gasteiger partial charge in [-0.25, -0.2) is 0 Å². The van der Waals surface area contributed by atoms with E-state index >= 15 is 0 Å². The van der Waals surface area contributed by atoms with Gasteiger partial charge in [-0.1, -0.05) is 18.2 Å². The molecule has 0 unspecified atom stereocenters. The van der Waals surface area contributed by atoms with Crippen molar-refractivity contribution < 1.29 is 14.3 Å². The molecule has 27 heavy (non-hydrogen) atoms. The molecule has 4 nitrogen and oxygen atoms in total. The quantitative estimate of drug-likeness (QED) is 0.722. The van der Waals surface area contributed by atoms with Crippen molar-refractivity contribution in [3.05, 3.63) is 65.7 Å². The van der Waals surface area contributed by atoms with Crippen molar-refractivity contribution in [1.29, 1.82) is 0 Å². The van der Waals surface area contributed by atoms with Crippen LogP contribution in [0.1, 0.15) is 31.9 Å². The number of fused-ring (bicyclic) bond motifs is 1. The summed E-state index contributed by atoms with van der Waals surface area (Å²) < 4.78 is 10.5. The third-order valence-corrected chi connectivity index (χ3v) is 4.77. The summed E-state index contributed by atoms with van der Waals surface area (Å²) in [6.45, 7) is 6.15. The first-order chi connectivity index (χ1) is 12.9. The van der Waals surface area contributed by atoms with Crippen LogP contribution in [0.2, 0.25) is 0 Å². The van der Waals surface area contributed by atoms with E-state index in [-0.39, 0.29) is 5.91 Å². The second-order valence-electron chi connectivity index (χ2n) is 7.14. The summed E-state index contributed by atoms with van der Waals surface area (Å²) in [7, 11) is 3.28. The molecule has 2 aromatic carbocycles. The minimum Gasteiger partial charge on any atom is -0.497 e. The van der Waals surface area contributed by atoms with Crippen LogP contribution in [-0.2, 0) is 4.79 Å². The zero-order valence-corrected chi connectivity index (χ0v) is 16.4. The first kappa shape index (κ1) is 18.8. The molecular formula is C23H25NO3. The number of benzene rings is 2. The number of nitrogens with zero attached hydrogens (tertiary/aromatic N) is 1. The second kappa shape index (κ2) is 7.31. The van der Waals surface area contributed by atoms with Crippen LogP contribution in [0.3, 0.4) is 0 Å². The Morgan fingerprint density at radius 1 is 1.00 bits per heavy atom. The molecule has 4 heteroatoms. The number of ether oxygens (including phenoxy) is 2. The zero-order chi connectivity index (χ0) is 19.6. The molecule has 0 bridgehead atoms. The molecule has 0 aromatic heterocycles. The molecule has 0 atom stereocenters. The van der Waals surface area contributed by atoms with Crippen LogP contribution in [0, 0.1) is 0 Å². The summed E-state index contributed by atoms with van der Waals surface area (Å²) in [6, 6.07) is 13.4. The molecule has 0 N–H and O–H groups in total. The highest BCUT2D eigenvalue weighted by atomic mass is 16.5. The van der Waals surface area contributed by atoms with Crippen LogP contribution < -0.4 is 14.4 Å². The molecule has 140 valence electrons. The summed E-state index contributed by atoms with van der Waals surface area (Å²) in [4.78, 5) is 14.9. The Morgan fingerprint density at radius 3 is 2.26 bits per heavy atom. The van der Waals surface area contributed by atoms with Crippen molar-refractivity contribution >= 4 is 23.2 Å². The van der Waals surface area contributed by atoms with E-state index in [1.165, 1.54) is 0 Å². The number of amides is 1. The maximum absolute atomic E-state index is 13.1. The predicted octanol–water partition coefficient (Wildman–Crippen LogP) is 4.95. The molecule has 0 spiro atoms. The van der Waals surface area contributed by atoms with Gasteiger partial charge in [0.2, 0.25) is 0 Å². The van der Waals surface area contributed by atoms with Gasteiger partial charge in [0.05, 0.1) is 25.4 Å². The number of hydrogen-bond acceptors (Lipinski definition) is 3. The molecule has 0 fully saturated rings. The molecule has 0 aliphatic carbocycles. The average molecular weight is 363 g/mol. The highest BCUT2D eigenvalue weighted by molar-refractivity contribution is 6.08. The summed E-state index contributed by atoms with van der Waals surface area (Å²) in [5.41, 5.74) is 3.57. The number of carbonyl (C=O) groups excluding carboxylic acids is 1. The van der Waals surface area contributed by atoms with E-state index in [1.807, 2.05) is 67.3 Å². The van der Waals surface area contributed by atoms with Gasteiger partial charge in [0.15, 0.2) is 0 Å². The third kappa shape index (κ3) is 3.75. The van der Waals surface area contributed by atoms with Crippen LogP contribution in [0.5, 0.6) is 11.5 Å². The summed E-state index contributed by atoms with van der Waals surface area (Å²) in [5.74, 6) is 1.51.